The van der Waals surface area contributed by atoms with Gasteiger partial charge in [-0.1, -0.05) is 5.11 Å². The van der Waals surface area contributed by atoms with Crippen molar-refractivity contribution in [1.82, 2.24) is 9.78 Å². The zero-order chi connectivity index (χ0) is 15.4. The largest absolute Gasteiger partial charge is 0.393 e. The Morgan fingerprint density at radius 3 is 2.95 bits per heavy atom. The standard InChI is InChI=1S/C11H17N7O3/c1-2-17-11(9(7-13-17)18(20)21)16-5-3-8(14-15-12)10(19)4-6-16/h7-8,10,19H,2-6H2,1H3. The lowest BCUT2D eigenvalue weighted by Crippen LogP contribution is -2.28. The molecule has 1 saturated heterocycles. The highest BCUT2D eigenvalue weighted by Gasteiger charge is 2.30. The van der Waals surface area contributed by atoms with Crippen LogP contribution < -0.4 is 4.90 Å². The highest BCUT2D eigenvalue weighted by Crippen LogP contribution is 2.30. The van der Waals surface area contributed by atoms with Crippen molar-refractivity contribution in [3.63, 3.8) is 0 Å². The SMILES string of the molecule is CCn1ncc([N+](=O)[O-])c1N1CCC(O)C(N=[N+]=[N-])CC1. The number of aliphatic hydroxyl groups is 1. The molecule has 0 bridgehead atoms. The van der Waals surface area contributed by atoms with Gasteiger partial charge >= 0.3 is 5.69 Å². The first-order chi connectivity index (χ1) is 10.1. The van der Waals surface area contributed by atoms with Crippen LogP contribution in [0.4, 0.5) is 11.5 Å². The number of hydrogen-bond donors (Lipinski definition) is 1. The number of aromatic nitrogens is 2. The van der Waals surface area contributed by atoms with Gasteiger partial charge in [-0.15, -0.1) is 0 Å². The van der Waals surface area contributed by atoms with Crippen molar-refractivity contribution < 1.29 is 10.0 Å². The maximum atomic E-state index is 11.1. The van der Waals surface area contributed by atoms with E-state index in [4.69, 9.17) is 5.53 Å². The Morgan fingerprint density at radius 2 is 2.33 bits per heavy atom. The van der Waals surface area contributed by atoms with Crippen molar-refractivity contribution in [3.8, 4) is 0 Å². The van der Waals surface area contributed by atoms with Gasteiger partial charge < -0.3 is 10.0 Å². The summed E-state index contributed by atoms with van der Waals surface area (Å²) in [7, 11) is 0. The van der Waals surface area contributed by atoms with E-state index in [0.717, 1.165) is 0 Å². The van der Waals surface area contributed by atoms with Crippen LogP contribution in [0.5, 0.6) is 0 Å². The maximum absolute atomic E-state index is 11.1. The third kappa shape index (κ3) is 3.06. The minimum atomic E-state index is -0.733. The Bertz CT molecular complexity index is 566. The predicted octanol–water partition coefficient (Wildman–Crippen LogP) is 1.45. The van der Waals surface area contributed by atoms with Crippen LogP contribution in [-0.2, 0) is 6.54 Å². The molecule has 0 radical (unpaired) electrons. The molecular formula is C11H17N7O3. The molecule has 2 rings (SSSR count). The van der Waals surface area contributed by atoms with Gasteiger partial charge in [-0.25, -0.2) is 4.68 Å². The number of hydrogen-bond acceptors (Lipinski definition) is 6. The highest BCUT2D eigenvalue weighted by atomic mass is 16.6. The normalized spacial score (nSPS) is 22.5. The van der Waals surface area contributed by atoms with E-state index in [2.05, 4.69) is 15.1 Å². The van der Waals surface area contributed by atoms with Crippen LogP contribution in [0, 0.1) is 10.1 Å². The Hall–Kier alpha value is -2.32. The fourth-order valence-electron chi connectivity index (χ4n) is 2.54. The summed E-state index contributed by atoms with van der Waals surface area (Å²) in [5.41, 5.74) is 8.46. The highest BCUT2D eigenvalue weighted by molar-refractivity contribution is 5.57. The van der Waals surface area contributed by atoms with E-state index in [-0.39, 0.29) is 5.69 Å². The minimum Gasteiger partial charge on any atom is -0.393 e. The third-order valence-electron chi connectivity index (χ3n) is 3.62. The molecule has 0 saturated carbocycles. The van der Waals surface area contributed by atoms with E-state index >= 15 is 0 Å². The molecular weight excluding hydrogens is 278 g/mol. The fraction of sp³-hybridized carbons (Fsp3) is 0.727. The lowest BCUT2D eigenvalue weighted by atomic mass is 10.1. The second-order valence-electron chi connectivity index (χ2n) is 4.83. The van der Waals surface area contributed by atoms with Gasteiger partial charge in [-0.3, -0.25) is 10.1 Å². The summed E-state index contributed by atoms with van der Waals surface area (Å²) < 4.78 is 1.57. The van der Waals surface area contributed by atoms with Gasteiger partial charge in [0.25, 0.3) is 0 Å². The van der Waals surface area contributed by atoms with Gasteiger partial charge in [0.1, 0.15) is 6.20 Å². The first-order valence-corrected chi connectivity index (χ1v) is 6.75. The molecule has 0 aromatic carbocycles. The molecule has 2 heterocycles. The maximum Gasteiger partial charge on any atom is 0.331 e. The van der Waals surface area contributed by atoms with E-state index in [1.165, 1.54) is 6.20 Å². The summed E-state index contributed by atoms with van der Waals surface area (Å²) in [6, 6.07) is -0.503. The second kappa shape index (κ2) is 6.42. The first-order valence-electron chi connectivity index (χ1n) is 6.75. The van der Waals surface area contributed by atoms with Crippen LogP contribution in [0.3, 0.4) is 0 Å². The number of aryl methyl sites for hydroxylation is 1. The van der Waals surface area contributed by atoms with Gasteiger partial charge in [0, 0.05) is 24.5 Å². The molecule has 2 unspecified atom stereocenters. The molecule has 1 aromatic rings. The lowest BCUT2D eigenvalue weighted by molar-refractivity contribution is -0.384. The van der Waals surface area contributed by atoms with E-state index in [1.807, 2.05) is 11.8 Å². The Balaban J connectivity index is 2.28. The van der Waals surface area contributed by atoms with Crippen LogP contribution in [0.2, 0.25) is 0 Å². The van der Waals surface area contributed by atoms with Crippen molar-refractivity contribution in [1.29, 1.82) is 0 Å². The molecule has 0 aliphatic carbocycles. The lowest BCUT2D eigenvalue weighted by Gasteiger charge is -2.22. The van der Waals surface area contributed by atoms with Crippen LogP contribution in [-0.4, -0.2) is 45.0 Å². The molecule has 114 valence electrons. The van der Waals surface area contributed by atoms with E-state index in [0.29, 0.717) is 38.3 Å². The molecule has 10 nitrogen and oxygen atoms in total. The molecule has 1 N–H and O–H groups in total. The molecule has 1 aliphatic rings. The van der Waals surface area contributed by atoms with Gasteiger partial charge in [0.2, 0.25) is 5.82 Å². The van der Waals surface area contributed by atoms with Gasteiger partial charge in [0.05, 0.1) is 17.1 Å². The van der Waals surface area contributed by atoms with Crippen molar-refractivity contribution in [3.05, 3.63) is 26.8 Å². The van der Waals surface area contributed by atoms with Crippen molar-refractivity contribution in [2.75, 3.05) is 18.0 Å². The molecule has 0 amide bonds. The number of nitrogens with zero attached hydrogens (tertiary/aromatic N) is 7. The van der Waals surface area contributed by atoms with Gasteiger partial charge in [-0.2, -0.15) is 5.10 Å². The number of azide groups is 1. The average Bonchev–Trinajstić information content (AvgIpc) is 2.81. The van der Waals surface area contributed by atoms with Crippen LogP contribution in [0.15, 0.2) is 11.3 Å². The molecule has 1 aliphatic heterocycles. The fourth-order valence-corrected chi connectivity index (χ4v) is 2.54. The van der Waals surface area contributed by atoms with Crippen LogP contribution >= 0.6 is 0 Å². The summed E-state index contributed by atoms with van der Waals surface area (Å²) >= 11 is 0. The van der Waals surface area contributed by atoms with Gasteiger partial charge in [-0.05, 0) is 25.3 Å². The first kappa shape index (κ1) is 15.1. The van der Waals surface area contributed by atoms with Crippen molar-refractivity contribution >= 4 is 11.5 Å². The molecule has 2 atom stereocenters. The zero-order valence-corrected chi connectivity index (χ0v) is 11.7. The van der Waals surface area contributed by atoms with Crippen LogP contribution in [0.1, 0.15) is 19.8 Å². The molecule has 1 aromatic heterocycles. The Kier molecular flexibility index (Phi) is 4.61. The predicted molar refractivity (Wildman–Crippen MR) is 74.9 cm³/mol. The molecule has 10 heteroatoms. The second-order valence-corrected chi connectivity index (χ2v) is 4.83. The summed E-state index contributed by atoms with van der Waals surface area (Å²) in [5, 5.41) is 28.7. The average molecular weight is 295 g/mol. The smallest absolute Gasteiger partial charge is 0.331 e. The molecule has 21 heavy (non-hydrogen) atoms. The summed E-state index contributed by atoms with van der Waals surface area (Å²) in [6.07, 6.45) is 1.33. The number of anilines is 1. The van der Waals surface area contributed by atoms with Crippen molar-refractivity contribution in [2.45, 2.75) is 38.5 Å². The Morgan fingerprint density at radius 1 is 1.62 bits per heavy atom. The topological polar surface area (TPSA) is 133 Å². The number of rotatable bonds is 4. The quantitative estimate of drug-likeness (QED) is 0.295. The number of aliphatic hydroxyl groups excluding tert-OH is 1. The molecule has 1 fully saturated rings. The summed E-state index contributed by atoms with van der Waals surface area (Å²) in [6.45, 7) is 3.29. The van der Waals surface area contributed by atoms with E-state index in [9.17, 15) is 15.2 Å². The van der Waals surface area contributed by atoms with E-state index < -0.39 is 17.1 Å². The van der Waals surface area contributed by atoms with Gasteiger partial charge in [0.15, 0.2) is 0 Å². The summed E-state index contributed by atoms with van der Waals surface area (Å²) in [5.74, 6) is 0.441. The van der Waals surface area contributed by atoms with E-state index in [1.54, 1.807) is 4.68 Å². The zero-order valence-electron chi connectivity index (χ0n) is 11.7. The minimum absolute atomic E-state index is 0.0476. The monoisotopic (exact) mass is 295 g/mol. The summed E-state index contributed by atoms with van der Waals surface area (Å²) in [4.78, 5) is 15.2. The third-order valence-corrected chi connectivity index (χ3v) is 3.62. The number of nitro groups is 1. The molecule has 0 spiro atoms. The Labute approximate surface area is 120 Å². The van der Waals surface area contributed by atoms with Crippen molar-refractivity contribution in [2.24, 2.45) is 5.11 Å². The van der Waals surface area contributed by atoms with Crippen LogP contribution in [0.25, 0.3) is 10.4 Å².